The third-order valence-corrected chi connectivity index (χ3v) is 5.65. The van der Waals surface area contributed by atoms with Gasteiger partial charge in [0.2, 0.25) is 0 Å². The molecule has 2 aromatic carbocycles. The highest BCUT2D eigenvalue weighted by Crippen LogP contribution is 2.48. The second kappa shape index (κ2) is 7.50. The van der Waals surface area contributed by atoms with Crippen LogP contribution < -0.4 is 9.64 Å². The molecule has 0 saturated heterocycles. The lowest BCUT2D eigenvalue weighted by Crippen LogP contribution is -2.21. The largest absolute Gasteiger partial charge is 0.492 e. The average molecular weight is 382 g/mol. The number of hydrogen-bond acceptors (Lipinski definition) is 4. The van der Waals surface area contributed by atoms with Crippen LogP contribution in [-0.2, 0) is 10.2 Å². The van der Waals surface area contributed by atoms with E-state index in [1.807, 2.05) is 24.3 Å². The topological polar surface area (TPSA) is 38.8 Å². The predicted molar refractivity (Wildman–Crippen MR) is 114 cm³/mol. The maximum Gasteiger partial charge on any atom is 0.337 e. The Morgan fingerprint density at radius 1 is 1.25 bits per heavy atom. The van der Waals surface area contributed by atoms with Crippen LogP contribution in [0.5, 0.6) is 5.75 Å². The Labute approximate surface area is 168 Å². The van der Waals surface area contributed by atoms with E-state index in [4.69, 9.17) is 9.47 Å². The number of methoxy groups -OCH3 is 1. The SMILES string of the molecule is CCN(c1ccc(C(=O)OC)cc1)c1cc2c(c(C(C)C)c1C)OCC2(C)C. The highest BCUT2D eigenvalue weighted by atomic mass is 16.5. The van der Waals surface area contributed by atoms with E-state index in [9.17, 15) is 4.79 Å². The maximum atomic E-state index is 11.8. The lowest BCUT2D eigenvalue weighted by atomic mass is 9.82. The van der Waals surface area contributed by atoms with Gasteiger partial charge in [0.25, 0.3) is 0 Å². The van der Waals surface area contributed by atoms with Gasteiger partial charge in [-0.3, -0.25) is 0 Å². The van der Waals surface area contributed by atoms with Gasteiger partial charge in [0.05, 0.1) is 19.3 Å². The molecule has 0 N–H and O–H groups in total. The molecule has 1 aliphatic heterocycles. The van der Waals surface area contributed by atoms with Crippen LogP contribution in [0.2, 0.25) is 0 Å². The van der Waals surface area contributed by atoms with Gasteiger partial charge in [0, 0.05) is 34.5 Å². The van der Waals surface area contributed by atoms with Crippen LogP contribution in [0.25, 0.3) is 0 Å². The summed E-state index contributed by atoms with van der Waals surface area (Å²) in [7, 11) is 1.40. The van der Waals surface area contributed by atoms with E-state index in [0.717, 1.165) is 18.0 Å². The second-order valence-electron chi connectivity index (χ2n) is 8.42. The summed E-state index contributed by atoms with van der Waals surface area (Å²) in [6, 6.07) is 9.91. The molecule has 150 valence electrons. The molecule has 0 atom stereocenters. The fourth-order valence-electron chi connectivity index (χ4n) is 4.12. The Kier molecular flexibility index (Phi) is 5.42. The smallest absolute Gasteiger partial charge is 0.337 e. The molecule has 4 nitrogen and oxygen atoms in total. The van der Waals surface area contributed by atoms with E-state index in [1.165, 1.54) is 29.5 Å². The molecule has 0 spiro atoms. The number of fused-ring (bicyclic) bond motifs is 1. The first-order valence-electron chi connectivity index (χ1n) is 9.98. The molecule has 1 aliphatic rings. The molecule has 2 aromatic rings. The van der Waals surface area contributed by atoms with Crippen molar-refractivity contribution in [1.29, 1.82) is 0 Å². The summed E-state index contributed by atoms with van der Waals surface area (Å²) in [5.41, 5.74) is 6.65. The zero-order valence-electron chi connectivity index (χ0n) is 18.1. The Bertz CT molecular complexity index is 882. The molecule has 0 aliphatic carbocycles. The normalized spacial score (nSPS) is 14.6. The number of carbonyl (C=O) groups excluding carboxylic acids is 1. The van der Waals surface area contributed by atoms with Gasteiger partial charge < -0.3 is 14.4 Å². The molecule has 0 aromatic heterocycles. The van der Waals surface area contributed by atoms with Crippen molar-refractivity contribution in [3.63, 3.8) is 0 Å². The van der Waals surface area contributed by atoms with Crippen LogP contribution in [0, 0.1) is 6.92 Å². The molecule has 28 heavy (non-hydrogen) atoms. The zero-order valence-corrected chi connectivity index (χ0v) is 18.1. The van der Waals surface area contributed by atoms with Crippen molar-refractivity contribution in [2.24, 2.45) is 0 Å². The number of rotatable bonds is 5. The molecule has 0 saturated carbocycles. The maximum absolute atomic E-state index is 11.8. The Hall–Kier alpha value is -2.49. The minimum atomic E-state index is -0.315. The lowest BCUT2D eigenvalue weighted by Gasteiger charge is -2.29. The monoisotopic (exact) mass is 381 g/mol. The van der Waals surface area contributed by atoms with Crippen molar-refractivity contribution in [2.75, 3.05) is 25.2 Å². The van der Waals surface area contributed by atoms with Crippen molar-refractivity contribution in [1.82, 2.24) is 0 Å². The first-order valence-corrected chi connectivity index (χ1v) is 9.98. The van der Waals surface area contributed by atoms with Gasteiger partial charge in [0.15, 0.2) is 0 Å². The summed E-state index contributed by atoms with van der Waals surface area (Å²) in [4.78, 5) is 14.1. The van der Waals surface area contributed by atoms with Crippen molar-refractivity contribution < 1.29 is 14.3 Å². The summed E-state index contributed by atoms with van der Waals surface area (Å²) >= 11 is 0. The first-order chi connectivity index (χ1) is 13.2. The molecule has 0 bridgehead atoms. The van der Waals surface area contributed by atoms with Gasteiger partial charge >= 0.3 is 5.97 Å². The van der Waals surface area contributed by atoms with E-state index >= 15 is 0 Å². The van der Waals surface area contributed by atoms with Gasteiger partial charge in [-0.05, 0) is 55.7 Å². The van der Waals surface area contributed by atoms with Gasteiger partial charge in [0.1, 0.15) is 5.75 Å². The van der Waals surface area contributed by atoms with Crippen LogP contribution in [0.3, 0.4) is 0 Å². The average Bonchev–Trinajstić information content (AvgIpc) is 2.96. The van der Waals surface area contributed by atoms with Crippen molar-refractivity contribution in [2.45, 2.75) is 52.9 Å². The molecule has 0 radical (unpaired) electrons. The number of carbonyl (C=O) groups is 1. The van der Waals surface area contributed by atoms with Crippen LogP contribution in [0.1, 0.15) is 67.6 Å². The first kappa shape index (κ1) is 20.2. The van der Waals surface area contributed by atoms with E-state index < -0.39 is 0 Å². The van der Waals surface area contributed by atoms with Gasteiger partial charge in [-0.1, -0.05) is 27.7 Å². The molecule has 3 rings (SSSR count). The van der Waals surface area contributed by atoms with Crippen molar-refractivity contribution in [3.05, 3.63) is 52.6 Å². The van der Waals surface area contributed by atoms with Crippen molar-refractivity contribution in [3.8, 4) is 5.75 Å². The Morgan fingerprint density at radius 2 is 1.89 bits per heavy atom. The number of hydrogen-bond donors (Lipinski definition) is 0. The van der Waals surface area contributed by atoms with Crippen LogP contribution in [-0.4, -0.2) is 26.2 Å². The van der Waals surface area contributed by atoms with E-state index in [0.29, 0.717) is 18.1 Å². The van der Waals surface area contributed by atoms with E-state index in [2.05, 4.69) is 52.5 Å². The minimum absolute atomic E-state index is 0.00439. The molecule has 4 heteroatoms. The van der Waals surface area contributed by atoms with Gasteiger partial charge in [-0.2, -0.15) is 0 Å². The molecular formula is C24H31NO3. The summed E-state index contributed by atoms with van der Waals surface area (Å²) in [6.07, 6.45) is 0. The third kappa shape index (κ3) is 3.36. The molecule has 0 fully saturated rings. The minimum Gasteiger partial charge on any atom is -0.492 e. The number of anilines is 2. The third-order valence-electron chi connectivity index (χ3n) is 5.65. The number of esters is 1. The highest BCUT2D eigenvalue weighted by molar-refractivity contribution is 5.90. The second-order valence-corrected chi connectivity index (χ2v) is 8.42. The lowest BCUT2D eigenvalue weighted by molar-refractivity contribution is 0.0601. The standard InChI is InChI=1S/C24H31NO3/c1-8-25(18-11-9-17(10-12-18)23(26)27-7)20-13-19-22(28-14-24(19,5)6)21(15(2)3)16(20)4/h9-13,15H,8,14H2,1-7H3. The molecule has 0 amide bonds. The van der Waals surface area contributed by atoms with Gasteiger partial charge in [-0.15, -0.1) is 0 Å². The van der Waals surface area contributed by atoms with E-state index in [1.54, 1.807) is 0 Å². The van der Waals surface area contributed by atoms with Crippen molar-refractivity contribution >= 4 is 17.3 Å². The predicted octanol–water partition coefficient (Wildman–Crippen LogP) is 5.73. The number of ether oxygens (including phenoxy) is 2. The van der Waals surface area contributed by atoms with Crippen LogP contribution in [0.15, 0.2) is 30.3 Å². The quantitative estimate of drug-likeness (QED) is 0.620. The van der Waals surface area contributed by atoms with Crippen LogP contribution in [0.4, 0.5) is 11.4 Å². The number of nitrogens with zero attached hydrogens (tertiary/aromatic N) is 1. The molecular weight excluding hydrogens is 350 g/mol. The molecule has 0 unspecified atom stereocenters. The molecule has 1 heterocycles. The van der Waals surface area contributed by atoms with E-state index in [-0.39, 0.29) is 11.4 Å². The summed E-state index contributed by atoms with van der Waals surface area (Å²) in [5, 5.41) is 0. The summed E-state index contributed by atoms with van der Waals surface area (Å²) < 4.78 is 11.0. The summed E-state index contributed by atoms with van der Waals surface area (Å²) in [6.45, 7) is 14.8. The summed E-state index contributed by atoms with van der Waals surface area (Å²) in [5.74, 6) is 1.13. The fraction of sp³-hybridized carbons (Fsp3) is 0.458. The zero-order chi connectivity index (χ0) is 20.6. The number of benzene rings is 2. The van der Waals surface area contributed by atoms with Crippen LogP contribution >= 0.6 is 0 Å². The highest BCUT2D eigenvalue weighted by Gasteiger charge is 2.36. The van der Waals surface area contributed by atoms with Gasteiger partial charge in [-0.25, -0.2) is 4.79 Å². The fourth-order valence-corrected chi connectivity index (χ4v) is 4.12. The Balaban J connectivity index is 2.13. The Morgan fingerprint density at radius 3 is 2.43 bits per heavy atom.